The number of nitrogens with zero attached hydrogens (tertiary/aromatic N) is 4. The molecule has 1 aromatic rings. The van der Waals surface area contributed by atoms with E-state index in [1.165, 1.54) is 38.8 Å². The summed E-state index contributed by atoms with van der Waals surface area (Å²) in [6, 6.07) is 0. The van der Waals surface area contributed by atoms with Crippen molar-refractivity contribution in [3.05, 3.63) is 18.7 Å². The highest BCUT2D eigenvalue weighted by Crippen LogP contribution is 2.35. The molecule has 3 rings (SSSR count). The van der Waals surface area contributed by atoms with Crippen LogP contribution in [-0.4, -0.2) is 46.6 Å². The average molecular weight is 289 g/mol. The molecule has 5 nitrogen and oxygen atoms in total. The average Bonchev–Trinajstić information content (AvgIpc) is 3.15. The Morgan fingerprint density at radius 3 is 2.67 bits per heavy atom. The standard InChI is InChI=1S/C16H27N5/c1-2-18-16(19-8-10-20-9-7-17-13-20)21-11-14-5-3-4-6-15(14)12-21/h7,9,13-15H,2-6,8,10-12H2,1H3,(H,18,19). The van der Waals surface area contributed by atoms with Crippen LogP contribution < -0.4 is 5.32 Å². The van der Waals surface area contributed by atoms with Crippen molar-refractivity contribution in [2.75, 3.05) is 26.2 Å². The molecule has 0 aromatic carbocycles. The van der Waals surface area contributed by atoms with Crippen LogP contribution in [0.1, 0.15) is 32.6 Å². The van der Waals surface area contributed by atoms with Gasteiger partial charge in [0, 0.05) is 38.6 Å². The van der Waals surface area contributed by atoms with E-state index in [0.717, 1.165) is 37.4 Å². The van der Waals surface area contributed by atoms with Crippen LogP contribution in [0.15, 0.2) is 23.7 Å². The summed E-state index contributed by atoms with van der Waals surface area (Å²) in [7, 11) is 0. The first kappa shape index (κ1) is 14.4. The summed E-state index contributed by atoms with van der Waals surface area (Å²) in [5.74, 6) is 2.90. The normalized spacial score (nSPS) is 26.0. The maximum atomic E-state index is 4.81. The molecule has 2 fully saturated rings. The van der Waals surface area contributed by atoms with Gasteiger partial charge in [-0.15, -0.1) is 0 Å². The van der Waals surface area contributed by atoms with Gasteiger partial charge in [0.2, 0.25) is 0 Å². The highest BCUT2D eigenvalue weighted by molar-refractivity contribution is 5.80. The smallest absolute Gasteiger partial charge is 0.193 e. The van der Waals surface area contributed by atoms with Crippen molar-refractivity contribution in [1.82, 2.24) is 19.8 Å². The first-order valence-electron chi connectivity index (χ1n) is 8.36. The van der Waals surface area contributed by atoms with Gasteiger partial charge in [-0.1, -0.05) is 12.8 Å². The first-order valence-corrected chi connectivity index (χ1v) is 8.36. The fourth-order valence-corrected chi connectivity index (χ4v) is 3.69. The van der Waals surface area contributed by atoms with Crippen molar-refractivity contribution in [3.63, 3.8) is 0 Å². The molecule has 5 heteroatoms. The Morgan fingerprint density at radius 2 is 2.05 bits per heavy atom. The van der Waals surface area contributed by atoms with Gasteiger partial charge in [-0.25, -0.2) is 4.98 Å². The summed E-state index contributed by atoms with van der Waals surface area (Å²) < 4.78 is 2.08. The quantitative estimate of drug-likeness (QED) is 0.681. The van der Waals surface area contributed by atoms with Crippen molar-refractivity contribution in [3.8, 4) is 0 Å². The van der Waals surface area contributed by atoms with E-state index in [1.54, 1.807) is 0 Å². The minimum atomic E-state index is 0.810. The number of aliphatic imine (C=N–C) groups is 1. The molecule has 1 aromatic heterocycles. The number of likely N-dealkylation sites (tertiary alicyclic amines) is 1. The van der Waals surface area contributed by atoms with Gasteiger partial charge in [-0.2, -0.15) is 0 Å². The second-order valence-corrected chi connectivity index (χ2v) is 6.25. The van der Waals surface area contributed by atoms with Crippen molar-refractivity contribution in [2.24, 2.45) is 16.8 Å². The SMILES string of the molecule is CCNC(=NCCn1ccnc1)N1CC2CCCCC2C1. The van der Waals surface area contributed by atoms with E-state index in [9.17, 15) is 0 Å². The molecule has 21 heavy (non-hydrogen) atoms. The van der Waals surface area contributed by atoms with Crippen molar-refractivity contribution in [1.29, 1.82) is 0 Å². The number of fused-ring (bicyclic) bond motifs is 1. The van der Waals surface area contributed by atoms with E-state index >= 15 is 0 Å². The second kappa shape index (κ2) is 6.96. The van der Waals surface area contributed by atoms with Crippen LogP contribution in [0.25, 0.3) is 0 Å². The molecule has 1 aliphatic heterocycles. The van der Waals surface area contributed by atoms with E-state index in [2.05, 4.69) is 26.7 Å². The Bertz CT molecular complexity index is 439. The lowest BCUT2D eigenvalue weighted by Crippen LogP contribution is -2.40. The highest BCUT2D eigenvalue weighted by Gasteiger charge is 2.35. The van der Waals surface area contributed by atoms with E-state index in [4.69, 9.17) is 4.99 Å². The monoisotopic (exact) mass is 289 g/mol. The van der Waals surface area contributed by atoms with Crippen LogP contribution in [0.3, 0.4) is 0 Å². The van der Waals surface area contributed by atoms with E-state index in [0.29, 0.717) is 0 Å². The Labute approximate surface area is 127 Å². The zero-order valence-corrected chi connectivity index (χ0v) is 13.0. The van der Waals surface area contributed by atoms with Crippen LogP contribution >= 0.6 is 0 Å². The predicted octanol–water partition coefficient (Wildman–Crippen LogP) is 1.97. The molecule has 0 amide bonds. The minimum absolute atomic E-state index is 0.810. The minimum Gasteiger partial charge on any atom is -0.357 e. The molecule has 1 N–H and O–H groups in total. The van der Waals surface area contributed by atoms with Crippen LogP contribution in [0.4, 0.5) is 0 Å². The summed E-state index contributed by atoms with van der Waals surface area (Å²) in [5, 5.41) is 3.47. The number of imidazole rings is 1. The molecule has 1 saturated heterocycles. The Hall–Kier alpha value is -1.52. The van der Waals surface area contributed by atoms with E-state index < -0.39 is 0 Å². The van der Waals surface area contributed by atoms with Crippen molar-refractivity contribution >= 4 is 5.96 Å². The van der Waals surface area contributed by atoms with E-state index in [-0.39, 0.29) is 0 Å². The fraction of sp³-hybridized carbons (Fsp3) is 0.750. The zero-order valence-electron chi connectivity index (χ0n) is 13.0. The Kier molecular flexibility index (Phi) is 4.78. The first-order chi connectivity index (χ1) is 10.4. The summed E-state index contributed by atoms with van der Waals surface area (Å²) in [5.41, 5.74) is 0. The third kappa shape index (κ3) is 3.57. The van der Waals surface area contributed by atoms with Gasteiger partial charge in [-0.05, 0) is 31.6 Å². The van der Waals surface area contributed by atoms with E-state index in [1.807, 2.05) is 18.7 Å². The van der Waals surface area contributed by atoms with Gasteiger partial charge in [0.15, 0.2) is 5.96 Å². The predicted molar refractivity (Wildman–Crippen MR) is 85.2 cm³/mol. The number of nitrogens with one attached hydrogen (secondary N) is 1. The van der Waals surface area contributed by atoms with Crippen LogP contribution in [0.5, 0.6) is 0 Å². The van der Waals surface area contributed by atoms with Gasteiger partial charge < -0.3 is 14.8 Å². The third-order valence-corrected chi connectivity index (χ3v) is 4.79. The largest absolute Gasteiger partial charge is 0.357 e. The Morgan fingerprint density at radius 1 is 1.29 bits per heavy atom. The number of hydrogen-bond acceptors (Lipinski definition) is 2. The maximum absolute atomic E-state index is 4.81. The molecule has 2 atom stereocenters. The number of guanidine groups is 1. The molecule has 0 spiro atoms. The lowest BCUT2D eigenvalue weighted by atomic mass is 9.82. The molecule has 2 heterocycles. The molecule has 2 aliphatic rings. The molecule has 2 unspecified atom stereocenters. The zero-order chi connectivity index (χ0) is 14.5. The number of hydrogen-bond donors (Lipinski definition) is 1. The summed E-state index contributed by atoms with van der Waals surface area (Å²) in [6.07, 6.45) is 11.3. The van der Waals surface area contributed by atoms with Crippen molar-refractivity contribution < 1.29 is 0 Å². The van der Waals surface area contributed by atoms with Crippen LogP contribution in [0, 0.1) is 11.8 Å². The molecule has 1 aliphatic carbocycles. The summed E-state index contributed by atoms with van der Waals surface area (Å²) in [4.78, 5) is 11.4. The molecule has 0 bridgehead atoms. The summed E-state index contributed by atoms with van der Waals surface area (Å²) in [6.45, 7) is 7.19. The molecular formula is C16H27N5. The van der Waals surface area contributed by atoms with Gasteiger partial charge in [-0.3, -0.25) is 4.99 Å². The number of rotatable bonds is 4. The highest BCUT2D eigenvalue weighted by atomic mass is 15.3. The lowest BCUT2D eigenvalue weighted by Gasteiger charge is -2.22. The maximum Gasteiger partial charge on any atom is 0.193 e. The second-order valence-electron chi connectivity index (χ2n) is 6.25. The van der Waals surface area contributed by atoms with Gasteiger partial charge in [0.25, 0.3) is 0 Å². The van der Waals surface area contributed by atoms with Gasteiger partial charge in [0.1, 0.15) is 0 Å². The van der Waals surface area contributed by atoms with Gasteiger partial charge >= 0.3 is 0 Å². The van der Waals surface area contributed by atoms with Crippen molar-refractivity contribution in [2.45, 2.75) is 39.2 Å². The van der Waals surface area contributed by atoms with Crippen LogP contribution in [0.2, 0.25) is 0 Å². The third-order valence-electron chi connectivity index (χ3n) is 4.79. The lowest BCUT2D eigenvalue weighted by molar-refractivity contribution is 0.299. The Balaban J connectivity index is 1.58. The molecule has 1 saturated carbocycles. The fourth-order valence-electron chi connectivity index (χ4n) is 3.69. The van der Waals surface area contributed by atoms with Gasteiger partial charge in [0.05, 0.1) is 12.9 Å². The topological polar surface area (TPSA) is 45.5 Å². The molecule has 116 valence electrons. The van der Waals surface area contributed by atoms with Crippen LogP contribution in [-0.2, 0) is 6.54 Å². The molecular weight excluding hydrogens is 262 g/mol. The summed E-state index contributed by atoms with van der Waals surface area (Å²) >= 11 is 0. The number of aromatic nitrogens is 2. The molecule has 0 radical (unpaired) electrons.